The molecule has 2 N–H and O–H groups in total. The predicted octanol–water partition coefficient (Wildman–Crippen LogP) is 3.41. The van der Waals surface area contributed by atoms with Crippen molar-refractivity contribution in [2.75, 3.05) is 31.6 Å². The first-order valence-electron chi connectivity index (χ1n) is 7.89. The van der Waals surface area contributed by atoms with E-state index in [1.54, 1.807) is 0 Å². The van der Waals surface area contributed by atoms with Crippen molar-refractivity contribution < 1.29 is 4.74 Å². The molecule has 3 rings (SSSR count). The third-order valence-electron chi connectivity index (χ3n) is 4.00. The zero-order valence-electron chi connectivity index (χ0n) is 13.6. The maximum Gasteiger partial charge on any atom is 0.204 e. The molecule has 0 amide bonds. The minimum absolute atomic E-state index is 0.119. The number of ether oxygens (including phenoxy) is 1. The number of anilines is 1. The normalized spacial score (nSPS) is 18.1. The quantitative estimate of drug-likeness (QED) is 0.737. The van der Waals surface area contributed by atoms with Crippen LogP contribution in [-0.4, -0.2) is 41.9 Å². The van der Waals surface area contributed by atoms with E-state index < -0.39 is 0 Å². The molecule has 1 aromatic heterocycles. The number of fused-ring (bicyclic) bond motifs is 1. The van der Waals surface area contributed by atoms with Crippen LogP contribution in [0.3, 0.4) is 0 Å². The van der Waals surface area contributed by atoms with Crippen molar-refractivity contribution in [3.8, 4) is 6.07 Å². The molecular weight excluding hydrogens is 438 g/mol. The van der Waals surface area contributed by atoms with E-state index in [9.17, 15) is 5.26 Å². The van der Waals surface area contributed by atoms with Gasteiger partial charge in [0.2, 0.25) is 5.95 Å². The van der Waals surface area contributed by atoms with Crippen LogP contribution in [0.5, 0.6) is 0 Å². The number of nitrogens with one attached hydrogen (secondary N) is 2. The number of rotatable bonds is 4. The minimum atomic E-state index is 0.119. The van der Waals surface area contributed by atoms with Crippen LogP contribution in [0.4, 0.5) is 5.95 Å². The van der Waals surface area contributed by atoms with Crippen molar-refractivity contribution in [3.05, 3.63) is 20.6 Å². The summed E-state index contributed by atoms with van der Waals surface area (Å²) < 4.78 is 9.42. The summed E-state index contributed by atoms with van der Waals surface area (Å²) in [6.45, 7) is 7.34. The Morgan fingerprint density at radius 1 is 1.54 bits per heavy atom. The number of hydrogen-bond acceptors (Lipinski definition) is 5. The summed E-state index contributed by atoms with van der Waals surface area (Å²) in [5, 5.41) is 16.2. The van der Waals surface area contributed by atoms with E-state index in [0.717, 1.165) is 40.1 Å². The Bertz CT molecular complexity index is 790. The average Bonchev–Trinajstić information content (AvgIpc) is 2.93. The van der Waals surface area contributed by atoms with Gasteiger partial charge in [-0.3, -0.25) is 0 Å². The number of nitrogens with zero attached hydrogens (tertiary/aromatic N) is 3. The Hall–Kier alpha value is -1.14. The molecule has 0 spiro atoms. The summed E-state index contributed by atoms with van der Waals surface area (Å²) >= 11 is 6.98. The fraction of sp³-hybridized carbons (Fsp3) is 0.500. The van der Waals surface area contributed by atoms with E-state index in [1.807, 2.05) is 6.07 Å². The van der Waals surface area contributed by atoms with Crippen molar-refractivity contribution in [3.63, 3.8) is 0 Å². The van der Waals surface area contributed by atoms with Gasteiger partial charge < -0.3 is 19.9 Å². The van der Waals surface area contributed by atoms with Crippen LogP contribution in [0.2, 0.25) is 0 Å². The lowest BCUT2D eigenvalue weighted by Crippen LogP contribution is -2.42. The van der Waals surface area contributed by atoms with Crippen LogP contribution in [0.1, 0.15) is 25.5 Å². The van der Waals surface area contributed by atoms with Crippen molar-refractivity contribution in [2.45, 2.75) is 26.0 Å². The van der Waals surface area contributed by atoms with E-state index >= 15 is 0 Å². The maximum atomic E-state index is 9.51. The van der Waals surface area contributed by atoms with Crippen LogP contribution in [-0.2, 0) is 4.74 Å². The van der Waals surface area contributed by atoms with Gasteiger partial charge in [-0.25, -0.2) is 4.98 Å². The second kappa shape index (κ2) is 7.40. The monoisotopic (exact) mass is 455 g/mol. The zero-order chi connectivity index (χ0) is 17.3. The van der Waals surface area contributed by atoms with Gasteiger partial charge in [0.1, 0.15) is 11.6 Å². The highest BCUT2D eigenvalue weighted by atomic mass is 79.9. The molecule has 1 unspecified atom stereocenters. The average molecular weight is 457 g/mol. The highest BCUT2D eigenvalue weighted by Gasteiger charge is 2.21. The predicted molar refractivity (Wildman–Crippen MR) is 101 cm³/mol. The van der Waals surface area contributed by atoms with Gasteiger partial charge in [0, 0.05) is 30.1 Å². The molecule has 128 valence electrons. The highest BCUT2D eigenvalue weighted by Crippen LogP contribution is 2.35. The Kier molecular flexibility index (Phi) is 5.45. The van der Waals surface area contributed by atoms with Crippen LogP contribution in [0.15, 0.2) is 15.0 Å². The third-order valence-corrected chi connectivity index (χ3v) is 5.98. The molecule has 2 heterocycles. The Morgan fingerprint density at radius 3 is 2.96 bits per heavy atom. The fourth-order valence-corrected chi connectivity index (χ4v) is 3.69. The molecular formula is C16H19Br2N5O. The number of hydrogen-bond donors (Lipinski definition) is 2. The lowest BCUT2D eigenvalue weighted by atomic mass is 10.2. The molecule has 1 aromatic carbocycles. The summed E-state index contributed by atoms with van der Waals surface area (Å²) in [5.74, 6) is 0.760. The largest absolute Gasteiger partial charge is 0.374 e. The first-order chi connectivity index (χ1) is 11.5. The van der Waals surface area contributed by atoms with Crippen molar-refractivity contribution in [1.82, 2.24) is 14.9 Å². The Balaban J connectivity index is 2.00. The van der Waals surface area contributed by atoms with Gasteiger partial charge in [-0.1, -0.05) is 0 Å². The van der Waals surface area contributed by atoms with E-state index in [0.29, 0.717) is 17.6 Å². The number of benzene rings is 1. The minimum Gasteiger partial charge on any atom is -0.374 e. The van der Waals surface area contributed by atoms with Crippen molar-refractivity contribution >= 4 is 48.8 Å². The van der Waals surface area contributed by atoms with E-state index in [2.05, 4.69) is 67.0 Å². The number of halogens is 2. The van der Waals surface area contributed by atoms with E-state index in [4.69, 9.17) is 9.72 Å². The van der Waals surface area contributed by atoms with Gasteiger partial charge in [0.25, 0.3) is 0 Å². The first kappa shape index (κ1) is 17.7. The standard InChI is InChI=1S/C16H19Br2N5O/c1-9(2)23-13-5-12(17)14(18)11(6-19)15(13)22-16(23)21-8-10-7-20-3-4-24-10/h5,9-10,20H,3-4,7-8H2,1-2H3,(H,21,22). The van der Waals surface area contributed by atoms with Crippen LogP contribution >= 0.6 is 31.9 Å². The molecule has 0 saturated carbocycles. The molecule has 0 radical (unpaired) electrons. The summed E-state index contributed by atoms with van der Waals surface area (Å²) in [5.41, 5.74) is 2.17. The van der Waals surface area contributed by atoms with Gasteiger partial charge in [0.15, 0.2) is 0 Å². The lowest BCUT2D eigenvalue weighted by Gasteiger charge is -2.24. The molecule has 1 saturated heterocycles. The first-order valence-corrected chi connectivity index (χ1v) is 9.47. The lowest BCUT2D eigenvalue weighted by molar-refractivity contribution is 0.0371. The number of morpholine rings is 1. The molecule has 6 nitrogen and oxygen atoms in total. The van der Waals surface area contributed by atoms with Crippen molar-refractivity contribution in [1.29, 1.82) is 5.26 Å². The SMILES string of the molecule is CC(C)n1c(NCC2CNCCO2)nc2c(C#N)c(Br)c(Br)cc21. The second-order valence-corrected chi connectivity index (χ2v) is 7.65. The molecule has 2 aromatic rings. The number of imidazole rings is 1. The molecule has 1 atom stereocenters. The van der Waals surface area contributed by atoms with Gasteiger partial charge in [-0.05, 0) is 51.8 Å². The van der Waals surface area contributed by atoms with Gasteiger partial charge in [0.05, 0.1) is 28.3 Å². The molecule has 8 heteroatoms. The molecule has 0 bridgehead atoms. The molecule has 1 fully saturated rings. The van der Waals surface area contributed by atoms with E-state index in [-0.39, 0.29) is 12.1 Å². The fourth-order valence-electron chi connectivity index (χ4n) is 2.88. The smallest absolute Gasteiger partial charge is 0.204 e. The van der Waals surface area contributed by atoms with Crippen LogP contribution < -0.4 is 10.6 Å². The Labute approximate surface area is 157 Å². The van der Waals surface area contributed by atoms with Crippen LogP contribution in [0, 0.1) is 11.3 Å². The van der Waals surface area contributed by atoms with E-state index in [1.165, 1.54) is 0 Å². The summed E-state index contributed by atoms with van der Waals surface area (Å²) in [6, 6.07) is 4.46. The molecule has 0 aliphatic carbocycles. The van der Waals surface area contributed by atoms with Gasteiger partial charge >= 0.3 is 0 Å². The summed E-state index contributed by atoms with van der Waals surface area (Å²) in [6.07, 6.45) is 0.119. The van der Waals surface area contributed by atoms with Crippen LogP contribution in [0.25, 0.3) is 11.0 Å². The van der Waals surface area contributed by atoms with Gasteiger partial charge in [-0.2, -0.15) is 5.26 Å². The third kappa shape index (κ3) is 3.31. The summed E-state index contributed by atoms with van der Waals surface area (Å²) in [7, 11) is 0. The zero-order valence-corrected chi connectivity index (χ0v) is 16.7. The van der Waals surface area contributed by atoms with Crippen molar-refractivity contribution in [2.24, 2.45) is 0 Å². The molecule has 1 aliphatic heterocycles. The highest BCUT2D eigenvalue weighted by molar-refractivity contribution is 9.13. The second-order valence-electron chi connectivity index (χ2n) is 6.00. The maximum absolute atomic E-state index is 9.51. The topological polar surface area (TPSA) is 74.9 Å². The number of nitriles is 1. The van der Waals surface area contributed by atoms with Gasteiger partial charge in [-0.15, -0.1) is 0 Å². The number of aromatic nitrogens is 2. The summed E-state index contributed by atoms with van der Waals surface area (Å²) in [4.78, 5) is 4.69. The molecule has 24 heavy (non-hydrogen) atoms. The molecule has 1 aliphatic rings. The Morgan fingerprint density at radius 2 is 2.33 bits per heavy atom.